The molecule has 2 amide bonds. The molecule has 1 aromatic carbocycles. The van der Waals surface area contributed by atoms with E-state index < -0.39 is 0 Å². The smallest absolute Gasteiger partial charge is 0.261 e. The van der Waals surface area contributed by atoms with Crippen LogP contribution in [0.4, 0.5) is 0 Å². The van der Waals surface area contributed by atoms with Crippen LogP contribution in [0.2, 0.25) is 0 Å². The van der Waals surface area contributed by atoms with Crippen molar-refractivity contribution in [1.29, 1.82) is 0 Å². The Balaban J connectivity index is 1.23. The highest BCUT2D eigenvalue weighted by atomic mass is 32.1. The maximum atomic E-state index is 11.9. The number of amides is 2. The molecule has 150 valence electrons. The average molecular weight is 401 g/mol. The van der Waals surface area contributed by atoms with E-state index in [2.05, 4.69) is 44.7 Å². The van der Waals surface area contributed by atoms with Crippen molar-refractivity contribution in [2.75, 3.05) is 45.8 Å². The molecule has 1 aliphatic heterocycles. The van der Waals surface area contributed by atoms with Gasteiger partial charge in [-0.3, -0.25) is 19.4 Å². The Morgan fingerprint density at radius 3 is 2.36 bits per heavy atom. The number of thiophene rings is 1. The van der Waals surface area contributed by atoms with Gasteiger partial charge in [0.05, 0.1) is 4.88 Å². The van der Waals surface area contributed by atoms with Crippen molar-refractivity contribution in [3.05, 3.63) is 58.3 Å². The first-order valence-electron chi connectivity index (χ1n) is 9.78. The Labute approximate surface area is 170 Å². The second kappa shape index (κ2) is 10.9. The van der Waals surface area contributed by atoms with Gasteiger partial charge in [0.2, 0.25) is 5.91 Å². The predicted molar refractivity (Wildman–Crippen MR) is 112 cm³/mol. The maximum absolute atomic E-state index is 11.9. The fraction of sp³-hybridized carbons (Fsp3) is 0.429. The molecule has 2 N–H and O–H groups in total. The van der Waals surface area contributed by atoms with Gasteiger partial charge in [-0.05, 0) is 17.0 Å². The second-order valence-electron chi connectivity index (χ2n) is 6.94. The summed E-state index contributed by atoms with van der Waals surface area (Å²) in [5, 5.41) is 7.59. The standard InChI is InChI=1S/C21H28N4O2S/c26-20(8-9-23-21(27)19-7-4-16-28-19)22-10-11-24-12-14-25(15-13-24)17-18-5-2-1-3-6-18/h1-7,16H,8-15,17H2,(H,22,26)(H,23,27). The van der Waals surface area contributed by atoms with Crippen LogP contribution in [0.3, 0.4) is 0 Å². The summed E-state index contributed by atoms with van der Waals surface area (Å²) in [6.45, 7) is 7.04. The molecule has 1 fully saturated rings. The topological polar surface area (TPSA) is 64.7 Å². The van der Waals surface area contributed by atoms with E-state index in [1.807, 2.05) is 17.5 Å². The minimum absolute atomic E-state index is 0.0193. The summed E-state index contributed by atoms with van der Waals surface area (Å²) in [6.07, 6.45) is 0.308. The number of nitrogens with zero attached hydrogens (tertiary/aromatic N) is 2. The fourth-order valence-corrected chi connectivity index (χ4v) is 3.88. The lowest BCUT2D eigenvalue weighted by molar-refractivity contribution is -0.121. The Hall–Kier alpha value is -2.22. The van der Waals surface area contributed by atoms with Gasteiger partial charge in [0.1, 0.15) is 0 Å². The van der Waals surface area contributed by atoms with Gasteiger partial charge in [-0.2, -0.15) is 0 Å². The molecule has 28 heavy (non-hydrogen) atoms. The molecule has 3 rings (SSSR count). The minimum Gasteiger partial charge on any atom is -0.355 e. The summed E-state index contributed by atoms with van der Waals surface area (Å²) in [4.78, 5) is 29.3. The SMILES string of the molecule is O=C(CCNC(=O)c1cccs1)NCCN1CCN(Cc2ccccc2)CC1. The first kappa shape index (κ1) is 20.5. The molecule has 0 aliphatic carbocycles. The van der Waals surface area contributed by atoms with E-state index in [1.54, 1.807) is 6.07 Å². The van der Waals surface area contributed by atoms with Crippen molar-refractivity contribution in [3.8, 4) is 0 Å². The van der Waals surface area contributed by atoms with E-state index >= 15 is 0 Å². The molecule has 0 spiro atoms. The lowest BCUT2D eigenvalue weighted by Crippen LogP contribution is -2.48. The summed E-state index contributed by atoms with van der Waals surface area (Å²) in [5.41, 5.74) is 1.36. The van der Waals surface area contributed by atoms with Crippen molar-refractivity contribution >= 4 is 23.2 Å². The van der Waals surface area contributed by atoms with Crippen LogP contribution in [0.15, 0.2) is 47.8 Å². The monoisotopic (exact) mass is 400 g/mol. The van der Waals surface area contributed by atoms with E-state index in [-0.39, 0.29) is 11.8 Å². The molecule has 1 saturated heterocycles. The molecule has 2 heterocycles. The molecule has 1 aliphatic rings. The van der Waals surface area contributed by atoms with Gasteiger partial charge in [-0.15, -0.1) is 11.3 Å². The molecule has 2 aromatic rings. The molecule has 0 saturated carbocycles. The number of piperazine rings is 1. The first-order chi connectivity index (χ1) is 13.7. The minimum atomic E-state index is -0.115. The Morgan fingerprint density at radius 1 is 0.893 bits per heavy atom. The van der Waals surface area contributed by atoms with Crippen LogP contribution in [0.5, 0.6) is 0 Å². The van der Waals surface area contributed by atoms with E-state index in [0.717, 1.165) is 39.3 Å². The highest BCUT2D eigenvalue weighted by molar-refractivity contribution is 7.12. The molecule has 0 bridgehead atoms. The van der Waals surface area contributed by atoms with Crippen LogP contribution in [0, 0.1) is 0 Å². The van der Waals surface area contributed by atoms with Gasteiger partial charge in [0.15, 0.2) is 0 Å². The zero-order chi connectivity index (χ0) is 19.6. The Kier molecular flexibility index (Phi) is 8.02. The quantitative estimate of drug-likeness (QED) is 0.674. The third-order valence-electron chi connectivity index (χ3n) is 4.85. The van der Waals surface area contributed by atoms with Gasteiger partial charge >= 0.3 is 0 Å². The summed E-state index contributed by atoms with van der Waals surface area (Å²) < 4.78 is 0. The van der Waals surface area contributed by atoms with E-state index in [9.17, 15) is 9.59 Å². The van der Waals surface area contributed by atoms with E-state index in [0.29, 0.717) is 24.4 Å². The number of carbonyl (C=O) groups is 2. The van der Waals surface area contributed by atoms with Crippen molar-refractivity contribution in [1.82, 2.24) is 20.4 Å². The summed E-state index contributed by atoms with van der Waals surface area (Å²) in [6, 6.07) is 14.2. The van der Waals surface area contributed by atoms with E-state index in [4.69, 9.17) is 0 Å². The van der Waals surface area contributed by atoms with Gasteiger partial charge in [0.25, 0.3) is 5.91 Å². The highest BCUT2D eigenvalue weighted by Crippen LogP contribution is 2.08. The average Bonchev–Trinajstić information content (AvgIpc) is 3.25. The predicted octanol–water partition coefficient (Wildman–Crippen LogP) is 1.80. The normalized spacial score (nSPS) is 15.3. The largest absolute Gasteiger partial charge is 0.355 e. The molecule has 0 atom stereocenters. The molecule has 0 unspecified atom stereocenters. The van der Waals surface area contributed by atoms with Crippen molar-refractivity contribution < 1.29 is 9.59 Å². The lowest BCUT2D eigenvalue weighted by atomic mass is 10.2. The van der Waals surface area contributed by atoms with Crippen LogP contribution in [-0.4, -0.2) is 67.4 Å². The number of hydrogen-bond acceptors (Lipinski definition) is 5. The third kappa shape index (κ3) is 6.74. The molecular weight excluding hydrogens is 372 g/mol. The zero-order valence-electron chi connectivity index (χ0n) is 16.1. The summed E-state index contributed by atoms with van der Waals surface area (Å²) in [5.74, 6) is -0.134. The van der Waals surface area contributed by atoms with Crippen LogP contribution in [-0.2, 0) is 11.3 Å². The van der Waals surface area contributed by atoms with Crippen molar-refractivity contribution in [2.24, 2.45) is 0 Å². The molecule has 0 radical (unpaired) electrons. The van der Waals surface area contributed by atoms with Crippen LogP contribution >= 0.6 is 11.3 Å². The van der Waals surface area contributed by atoms with Crippen molar-refractivity contribution in [3.63, 3.8) is 0 Å². The summed E-state index contributed by atoms with van der Waals surface area (Å²) in [7, 11) is 0. The van der Waals surface area contributed by atoms with Gasteiger partial charge in [-0.1, -0.05) is 36.4 Å². The lowest BCUT2D eigenvalue weighted by Gasteiger charge is -2.34. The Morgan fingerprint density at radius 2 is 1.64 bits per heavy atom. The van der Waals surface area contributed by atoms with Gasteiger partial charge in [-0.25, -0.2) is 0 Å². The number of carbonyl (C=O) groups excluding carboxylic acids is 2. The number of hydrogen-bond donors (Lipinski definition) is 2. The second-order valence-corrected chi connectivity index (χ2v) is 7.88. The third-order valence-corrected chi connectivity index (χ3v) is 5.72. The molecule has 1 aromatic heterocycles. The van der Waals surface area contributed by atoms with Crippen molar-refractivity contribution in [2.45, 2.75) is 13.0 Å². The molecule has 6 nitrogen and oxygen atoms in total. The first-order valence-corrected chi connectivity index (χ1v) is 10.7. The Bertz CT molecular complexity index is 728. The number of benzene rings is 1. The number of nitrogens with one attached hydrogen (secondary N) is 2. The highest BCUT2D eigenvalue weighted by Gasteiger charge is 2.16. The van der Waals surface area contributed by atoms with Crippen LogP contribution in [0.1, 0.15) is 21.7 Å². The fourth-order valence-electron chi connectivity index (χ4n) is 3.24. The van der Waals surface area contributed by atoms with Crippen LogP contribution < -0.4 is 10.6 Å². The number of rotatable bonds is 9. The molecule has 7 heteroatoms. The van der Waals surface area contributed by atoms with E-state index in [1.165, 1.54) is 16.9 Å². The van der Waals surface area contributed by atoms with Crippen LogP contribution in [0.25, 0.3) is 0 Å². The molecular formula is C21H28N4O2S. The maximum Gasteiger partial charge on any atom is 0.261 e. The zero-order valence-corrected chi connectivity index (χ0v) is 16.9. The van der Waals surface area contributed by atoms with Gasteiger partial charge < -0.3 is 10.6 Å². The van der Waals surface area contributed by atoms with Gasteiger partial charge in [0, 0.05) is 58.8 Å². The summed E-state index contributed by atoms with van der Waals surface area (Å²) >= 11 is 1.40.